The Morgan fingerprint density at radius 1 is 1.03 bits per heavy atom. The number of hydrogen-bond acceptors (Lipinski definition) is 7. The van der Waals surface area contributed by atoms with Crippen molar-refractivity contribution in [3.8, 4) is 0 Å². The molecule has 0 aromatic heterocycles. The smallest absolute Gasteiger partial charge is 0.338 e. The molecule has 36 heavy (non-hydrogen) atoms. The molecule has 0 aliphatic carbocycles. The van der Waals surface area contributed by atoms with Gasteiger partial charge >= 0.3 is 11.9 Å². The van der Waals surface area contributed by atoms with Gasteiger partial charge in [0.15, 0.2) is 0 Å². The molecule has 4 rings (SSSR count). The first-order valence-electron chi connectivity index (χ1n) is 12.2. The highest BCUT2D eigenvalue weighted by Crippen LogP contribution is 2.60. The van der Waals surface area contributed by atoms with Crippen molar-refractivity contribution >= 4 is 52.7 Å². The molecule has 2 aromatic carbocycles. The van der Waals surface area contributed by atoms with Crippen LogP contribution in [0.25, 0.3) is 0 Å². The molecule has 2 aliphatic heterocycles. The minimum absolute atomic E-state index is 0.145. The minimum Gasteiger partial charge on any atom is -0.466 e. The van der Waals surface area contributed by atoms with Gasteiger partial charge in [-0.1, -0.05) is 11.8 Å². The molecule has 1 atom stereocenters. The number of anilines is 2. The molecule has 0 N–H and O–H groups in total. The number of ether oxygens (including phenoxy) is 2. The van der Waals surface area contributed by atoms with Crippen LogP contribution in [0.5, 0.6) is 0 Å². The summed E-state index contributed by atoms with van der Waals surface area (Å²) in [5.41, 5.74) is 2.59. The lowest BCUT2D eigenvalue weighted by Gasteiger charge is -2.42. The summed E-state index contributed by atoms with van der Waals surface area (Å²) in [5, 5.41) is 0.858. The van der Waals surface area contributed by atoms with Crippen molar-refractivity contribution in [2.24, 2.45) is 5.92 Å². The van der Waals surface area contributed by atoms with Crippen molar-refractivity contribution in [3.63, 3.8) is 0 Å². The summed E-state index contributed by atoms with van der Waals surface area (Å²) < 4.78 is 14.3. The van der Waals surface area contributed by atoms with Crippen LogP contribution >= 0.6 is 6.34 Å². The fourth-order valence-electron chi connectivity index (χ4n) is 4.71. The third-order valence-corrected chi connectivity index (χ3v) is 11.5. The Morgan fingerprint density at radius 3 is 2.25 bits per heavy atom. The molecule has 2 heterocycles. The second-order valence-electron chi connectivity index (χ2n) is 9.00. The van der Waals surface area contributed by atoms with Crippen LogP contribution in [0.1, 0.15) is 47.4 Å². The lowest BCUT2D eigenvalue weighted by atomic mass is 9.98. The van der Waals surface area contributed by atoms with Gasteiger partial charge in [0.05, 0.1) is 35.9 Å². The third kappa shape index (κ3) is 4.67. The maximum absolute atomic E-state index is 13.9. The summed E-state index contributed by atoms with van der Waals surface area (Å²) >= 11 is 6.43. The molecular weight excluding hydrogens is 497 g/mol. The van der Waals surface area contributed by atoms with E-state index < -0.39 is 12.3 Å². The molecule has 0 spiro atoms. The lowest BCUT2D eigenvalue weighted by molar-refractivity contribution is -0.149. The van der Waals surface area contributed by atoms with E-state index in [9.17, 15) is 14.4 Å². The highest BCUT2D eigenvalue weighted by Gasteiger charge is 2.48. The Kier molecular flexibility index (Phi) is 7.83. The van der Waals surface area contributed by atoms with E-state index in [1.54, 1.807) is 35.9 Å². The summed E-state index contributed by atoms with van der Waals surface area (Å²) in [7, 11) is 3.87. The summed E-state index contributed by atoms with van der Waals surface area (Å²) in [6.07, 6.45) is -1.47. The zero-order valence-electron chi connectivity index (χ0n) is 21.1. The van der Waals surface area contributed by atoms with Gasteiger partial charge in [0.1, 0.15) is 6.34 Å². The Balaban J connectivity index is 1.73. The maximum Gasteiger partial charge on any atom is 0.338 e. The number of rotatable bonds is 7. The topological polar surface area (TPSA) is 79.4 Å². The van der Waals surface area contributed by atoms with E-state index in [0.29, 0.717) is 49.4 Å². The molecule has 1 amide bonds. The summed E-state index contributed by atoms with van der Waals surface area (Å²) in [5.74, 6) is -0.877. The molecule has 1 fully saturated rings. The van der Waals surface area contributed by atoms with Gasteiger partial charge < -0.3 is 14.4 Å². The molecule has 192 valence electrons. The van der Waals surface area contributed by atoms with Crippen LogP contribution in [0.2, 0.25) is 0 Å². The zero-order chi connectivity index (χ0) is 26.0. The third-order valence-electron chi connectivity index (χ3n) is 6.60. The highest BCUT2D eigenvalue weighted by atomic mass is 32.4. The van der Waals surface area contributed by atoms with Crippen LogP contribution in [0, 0.1) is 5.92 Å². The van der Waals surface area contributed by atoms with Crippen molar-refractivity contribution in [1.29, 1.82) is 0 Å². The standard InChI is InChI=1S/C26H32N3O5PS/c1-5-33-25(31)18-7-9-20(10-8-18)29-24(30)22-17-21(27(3)4)11-12-23(22)35(29,36)28-15-13-19(14-16-28)26(32)34-6-2/h7-12,17,19H,5-6,13-16H2,1-4H3/t35-/m0/s1. The van der Waals surface area contributed by atoms with E-state index >= 15 is 0 Å². The zero-order valence-corrected chi connectivity index (χ0v) is 22.8. The minimum atomic E-state index is -2.73. The van der Waals surface area contributed by atoms with E-state index in [2.05, 4.69) is 4.67 Å². The lowest BCUT2D eigenvalue weighted by Crippen LogP contribution is -2.40. The van der Waals surface area contributed by atoms with Crippen LogP contribution in [0.4, 0.5) is 11.4 Å². The molecule has 1 saturated heterocycles. The Morgan fingerprint density at radius 2 is 1.67 bits per heavy atom. The Bertz CT molecular complexity index is 1210. The first-order chi connectivity index (χ1) is 17.2. The van der Waals surface area contributed by atoms with E-state index in [0.717, 1.165) is 11.0 Å². The van der Waals surface area contributed by atoms with E-state index in [-0.39, 0.29) is 24.4 Å². The monoisotopic (exact) mass is 529 g/mol. The fourth-order valence-corrected chi connectivity index (χ4v) is 9.27. The van der Waals surface area contributed by atoms with Crippen LogP contribution in [0.3, 0.4) is 0 Å². The molecule has 8 nitrogen and oxygen atoms in total. The van der Waals surface area contributed by atoms with E-state index in [1.165, 1.54) is 0 Å². The molecule has 0 saturated carbocycles. The Labute approximate surface area is 217 Å². The van der Waals surface area contributed by atoms with E-state index in [4.69, 9.17) is 21.3 Å². The van der Waals surface area contributed by atoms with Crippen LogP contribution < -0.4 is 14.9 Å². The number of carbonyl (C=O) groups is 3. The number of amides is 1. The average molecular weight is 530 g/mol. The van der Waals surface area contributed by atoms with Gasteiger partial charge in [-0.15, -0.1) is 0 Å². The predicted molar refractivity (Wildman–Crippen MR) is 145 cm³/mol. The number of piperidine rings is 1. The van der Waals surface area contributed by atoms with Gasteiger partial charge in [0, 0.05) is 38.2 Å². The van der Waals surface area contributed by atoms with Gasteiger partial charge in [0.2, 0.25) is 0 Å². The van der Waals surface area contributed by atoms with Crippen molar-refractivity contribution in [1.82, 2.24) is 4.67 Å². The summed E-state index contributed by atoms with van der Waals surface area (Å²) in [6.45, 7) is 5.42. The molecule has 10 heteroatoms. The second-order valence-corrected chi connectivity index (χ2v) is 13.1. The largest absolute Gasteiger partial charge is 0.466 e. The van der Waals surface area contributed by atoms with Gasteiger partial charge in [-0.25, -0.2) is 4.79 Å². The van der Waals surface area contributed by atoms with Gasteiger partial charge in [-0.3, -0.25) is 18.9 Å². The molecule has 2 aromatic rings. The van der Waals surface area contributed by atoms with E-state index in [1.807, 2.05) is 44.1 Å². The first-order valence-corrected chi connectivity index (χ1v) is 14.9. The molecule has 0 bridgehead atoms. The fraction of sp³-hybridized carbons (Fsp3) is 0.423. The first kappa shape index (κ1) is 26.3. The van der Waals surface area contributed by atoms with Crippen molar-refractivity contribution in [2.45, 2.75) is 26.7 Å². The molecule has 2 aliphatic rings. The number of nitrogens with zero attached hydrogens (tertiary/aromatic N) is 3. The van der Waals surface area contributed by atoms with Crippen LogP contribution in [-0.2, 0) is 26.1 Å². The van der Waals surface area contributed by atoms with Crippen molar-refractivity contribution in [2.75, 3.05) is 50.0 Å². The number of benzene rings is 2. The number of hydrogen-bond donors (Lipinski definition) is 0. The molecule has 0 radical (unpaired) electrons. The van der Waals surface area contributed by atoms with Crippen molar-refractivity contribution in [3.05, 3.63) is 53.6 Å². The SMILES string of the molecule is CCOC(=O)c1ccc(N2C(=O)c3cc(N(C)C)ccc3[P@]2(=S)N2CCC(C(=O)OCC)CC2)cc1. The normalized spacial score (nSPS) is 20.2. The number of esters is 2. The molecular formula is C26H32N3O5PS. The number of fused-ring (bicyclic) bond motifs is 1. The maximum atomic E-state index is 13.9. The van der Waals surface area contributed by atoms with Crippen LogP contribution in [-0.4, -0.2) is 62.9 Å². The number of carbonyl (C=O) groups excluding carboxylic acids is 3. The highest BCUT2D eigenvalue weighted by molar-refractivity contribution is 8.18. The Hall–Kier alpha value is -2.74. The van der Waals surface area contributed by atoms with Crippen LogP contribution in [0.15, 0.2) is 42.5 Å². The molecule has 0 unspecified atom stereocenters. The summed E-state index contributed by atoms with van der Waals surface area (Å²) in [6, 6.07) is 12.7. The van der Waals surface area contributed by atoms with Gasteiger partial charge in [0.25, 0.3) is 5.91 Å². The summed E-state index contributed by atoms with van der Waals surface area (Å²) in [4.78, 5) is 40.3. The van der Waals surface area contributed by atoms with Crippen molar-refractivity contribution < 1.29 is 23.9 Å². The predicted octanol–water partition coefficient (Wildman–Crippen LogP) is 3.80. The van der Waals surface area contributed by atoms with Gasteiger partial charge in [-0.2, -0.15) is 0 Å². The van der Waals surface area contributed by atoms with Gasteiger partial charge in [-0.05, 0) is 69.2 Å². The second kappa shape index (κ2) is 10.7. The average Bonchev–Trinajstić information content (AvgIpc) is 3.11. The quantitative estimate of drug-likeness (QED) is 0.396.